The standard InChI is InChI=1S/C13H25N3O3/c1-2-14-7-8-19-12(9-14)10-15-3-5-16(6-4-15)11-13(17)18/h12H,2-11H2,1H3,(H,17,18). The van der Waals surface area contributed by atoms with Crippen molar-refractivity contribution < 1.29 is 14.6 Å². The molecule has 0 bridgehead atoms. The van der Waals surface area contributed by atoms with Crippen molar-refractivity contribution in [3.8, 4) is 0 Å². The van der Waals surface area contributed by atoms with E-state index in [-0.39, 0.29) is 6.54 Å². The monoisotopic (exact) mass is 271 g/mol. The molecule has 2 fully saturated rings. The summed E-state index contributed by atoms with van der Waals surface area (Å²) in [4.78, 5) is 17.5. The molecule has 0 saturated carbocycles. The van der Waals surface area contributed by atoms with Gasteiger partial charge in [-0.3, -0.25) is 19.5 Å². The quantitative estimate of drug-likeness (QED) is 0.721. The zero-order valence-corrected chi connectivity index (χ0v) is 11.8. The summed E-state index contributed by atoms with van der Waals surface area (Å²) in [6.45, 7) is 10.9. The zero-order valence-electron chi connectivity index (χ0n) is 11.8. The zero-order chi connectivity index (χ0) is 13.7. The van der Waals surface area contributed by atoms with E-state index in [9.17, 15) is 4.79 Å². The fourth-order valence-electron chi connectivity index (χ4n) is 2.79. The van der Waals surface area contributed by atoms with Crippen LogP contribution in [0, 0.1) is 0 Å². The first kappa shape index (κ1) is 14.7. The topological polar surface area (TPSA) is 56.2 Å². The molecule has 1 atom stereocenters. The minimum atomic E-state index is -0.734. The van der Waals surface area contributed by atoms with Crippen LogP contribution in [0.4, 0.5) is 0 Å². The number of carbonyl (C=O) groups is 1. The molecule has 2 aliphatic rings. The van der Waals surface area contributed by atoms with Gasteiger partial charge in [0.05, 0.1) is 19.3 Å². The maximum atomic E-state index is 10.7. The number of hydrogen-bond acceptors (Lipinski definition) is 5. The number of morpholine rings is 1. The lowest BCUT2D eigenvalue weighted by Crippen LogP contribution is -2.53. The fourth-order valence-corrected chi connectivity index (χ4v) is 2.79. The molecule has 19 heavy (non-hydrogen) atoms. The van der Waals surface area contributed by atoms with Crippen LogP contribution in [0.15, 0.2) is 0 Å². The van der Waals surface area contributed by atoms with Crippen LogP contribution < -0.4 is 0 Å². The van der Waals surface area contributed by atoms with E-state index in [2.05, 4.69) is 16.7 Å². The lowest BCUT2D eigenvalue weighted by Gasteiger charge is -2.38. The van der Waals surface area contributed by atoms with Crippen LogP contribution in [-0.4, -0.2) is 97.4 Å². The Morgan fingerprint density at radius 3 is 2.47 bits per heavy atom. The number of piperazine rings is 1. The van der Waals surface area contributed by atoms with Gasteiger partial charge in [-0.25, -0.2) is 0 Å². The number of ether oxygens (including phenoxy) is 1. The molecule has 0 aromatic rings. The summed E-state index contributed by atoms with van der Waals surface area (Å²) in [5, 5.41) is 8.77. The van der Waals surface area contributed by atoms with Crippen molar-refractivity contribution in [3.63, 3.8) is 0 Å². The first-order valence-corrected chi connectivity index (χ1v) is 7.18. The van der Waals surface area contributed by atoms with Crippen LogP contribution in [-0.2, 0) is 9.53 Å². The fraction of sp³-hybridized carbons (Fsp3) is 0.923. The van der Waals surface area contributed by atoms with Crippen molar-refractivity contribution in [1.82, 2.24) is 14.7 Å². The predicted molar refractivity (Wildman–Crippen MR) is 72.4 cm³/mol. The van der Waals surface area contributed by atoms with Crippen LogP contribution in [0.3, 0.4) is 0 Å². The summed E-state index contributed by atoms with van der Waals surface area (Å²) in [5.74, 6) is -0.734. The molecule has 0 radical (unpaired) electrons. The Labute approximate surface area is 114 Å². The van der Waals surface area contributed by atoms with E-state index in [0.717, 1.165) is 59.0 Å². The molecule has 0 aromatic heterocycles. The van der Waals surface area contributed by atoms with Crippen molar-refractivity contribution in [3.05, 3.63) is 0 Å². The highest BCUT2D eigenvalue weighted by atomic mass is 16.5. The molecule has 2 aliphatic heterocycles. The highest BCUT2D eigenvalue weighted by molar-refractivity contribution is 5.69. The smallest absolute Gasteiger partial charge is 0.317 e. The molecule has 2 rings (SSSR count). The van der Waals surface area contributed by atoms with Gasteiger partial charge in [0, 0.05) is 45.8 Å². The van der Waals surface area contributed by atoms with Crippen molar-refractivity contribution in [2.45, 2.75) is 13.0 Å². The Morgan fingerprint density at radius 1 is 1.16 bits per heavy atom. The van der Waals surface area contributed by atoms with Gasteiger partial charge < -0.3 is 9.84 Å². The maximum absolute atomic E-state index is 10.7. The third-order valence-corrected chi connectivity index (χ3v) is 3.96. The molecule has 0 amide bonds. The van der Waals surface area contributed by atoms with Crippen LogP contribution in [0.2, 0.25) is 0 Å². The summed E-state index contributed by atoms with van der Waals surface area (Å²) in [7, 11) is 0. The Balaban J connectivity index is 1.69. The molecule has 1 N–H and O–H groups in total. The van der Waals surface area contributed by atoms with Crippen LogP contribution in [0.25, 0.3) is 0 Å². The number of hydrogen-bond donors (Lipinski definition) is 1. The minimum absolute atomic E-state index is 0.164. The summed E-state index contributed by atoms with van der Waals surface area (Å²) in [6, 6.07) is 0. The first-order chi connectivity index (χ1) is 9.17. The third kappa shape index (κ3) is 4.72. The number of carboxylic acids is 1. The van der Waals surface area contributed by atoms with Gasteiger partial charge in [0.1, 0.15) is 0 Å². The Kier molecular flexibility index (Phi) is 5.57. The molecule has 110 valence electrons. The summed E-state index contributed by atoms with van der Waals surface area (Å²) < 4.78 is 5.81. The predicted octanol–water partition coefficient (Wildman–Crippen LogP) is -0.591. The largest absolute Gasteiger partial charge is 0.480 e. The van der Waals surface area contributed by atoms with Gasteiger partial charge in [-0.2, -0.15) is 0 Å². The third-order valence-electron chi connectivity index (χ3n) is 3.96. The highest BCUT2D eigenvalue weighted by Crippen LogP contribution is 2.09. The molecule has 0 spiro atoms. The summed E-state index contributed by atoms with van der Waals surface area (Å²) >= 11 is 0. The molecule has 1 unspecified atom stereocenters. The first-order valence-electron chi connectivity index (χ1n) is 7.18. The lowest BCUT2D eigenvalue weighted by atomic mass is 10.2. The van der Waals surface area contributed by atoms with Gasteiger partial charge in [-0.1, -0.05) is 6.92 Å². The number of likely N-dealkylation sites (N-methyl/N-ethyl adjacent to an activating group) is 1. The minimum Gasteiger partial charge on any atom is -0.480 e. The van der Waals surface area contributed by atoms with Crippen LogP contribution in [0.1, 0.15) is 6.92 Å². The van der Waals surface area contributed by atoms with E-state index in [1.54, 1.807) is 0 Å². The number of nitrogens with zero attached hydrogens (tertiary/aromatic N) is 3. The van der Waals surface area contributed by atoms with Gasteiger partial charge in [-0.05, 0) is 6.54 Å². The molecule has 2 saturated heterocycles. The van der Waals surface area contributed by atoms with E-state index < -0.39 is 5.97 Å². The van der Waals surface area contributed by atoms with Crippen LogP contribution >= 0.6 is 0 Å². The van der Waals surface area contributed by atoms with Crippen LogP contribution in [0.5, 0.6) is 0 Å². The molecule has 2 heterocycles. The van der Waals surface area contributed by atoms with E-state index >= 15 is 0 Å². The van der Waals surface area contributed by atoms with Crippen molar-refractivity contribution in [1.29, 1.82) is 0 Å². The molecular formula is C13H25N3O3. The number of rotatable bonds is 5. The SMILES string of the molecule is CCN1CCOC(CN2CCN(CC(=O)O)CC2)C1. The van der Waals surface area contributed by atoms with Gasteiger partial charge in [0.25, 0.3) is 0 Å². The second-order valence-electron chi connectivity index (χ2n) is 5.36. The molecule has 6 nitrogen and oxygen atoms in total. The van der Waals surface area contributed by atoms with Gasteiger partial charge in [0.2, 0.25) is 0 Å². The van der Waals surface area contributed by atoms with Gasteiger partial charge >= 0.3 is 5.97 Å². The highest BCUT2D eigenvalue weighted by Gasteiger charge is 2.24. The summed E-state index contributed by atoms with van der Waals surface area (Å²) in [5.41, 5.74) is 0. The van der Waals surface area contributed by atoms with Crippen molar-refractivity contribution in [2.75, 3.05) is 65.5 Å². The second-order valence-corrected chi connectivity index (χ2v) is 5.36. The van der Waals surface area contributed by atoms with Gasteiger partial charge in [-0.15, -0.1) is 0 Å². The average molecular weight is 271 g/mol. The van der Waals surface area contributed by atoms with E-state index in [1.807, 2.05) is 4.90 Å². The molecule has 6 heteroatoms. The lowest BCUT2D eigenvalue weighted by molar-refractivity contribution is -0.138. The van der Waals surface area contributed by atoms with Gasteiger partial charge in [0.15, 0.2) is 0 Å². The molecule has 0 aliphatic carbocycles. The summed E-state index contributed by atoms with van der Waals surface area (Å²) in [6.07, 6.45) is 0.305. The number of aliphatic carboxylic acids is 1. The van der Waals surface area contributed by atoms with E-state index in [0.29, 0.717) is 6.10 Å². The van der Waals surface area contributed by atoms with E-state index in [1.165, 1.54) is 0 Å². The molecular weight excluding hydrogens is 246 g/mol. The second kappa shape index (κ2) is 7.19. The Hall–Kier alpha value is -0.690. The van der Waals surface area contributed by atoms with E-state index in [4.69, 9.17) is 9.84 Å². The Bertz CT molecular complexity index is 293. The molecule has 0 aromatic carbocycles. The normalized spacial score (nSPS) is 27.5. The van der Waals surface area contributed by atoms with Crippen molar-refractivity contribution >= 4 is 5.97 Å². The number of carboxylic acid groups (broad SMARTS) is 1. The average Bonchev–Trinajstić information content (AvgIpc) is 2.41. The Morgan fingerprint density at radius 2 is 1.84 bits per heavy atom. The maximum Gasteiger partial charge on any atom is 0.317 e. The van der Waals surface area contributed by atoms with Crippen molar-refractivity contribution in [2.24, 2.45) is 0 Å².